The minimum Gasteiger partial charge on any atom is -0.477 e. The molecule has 0 saturated heterocycles. The maximum Gasteiger partial charge on any atom is 0.266 e. The number of aromatic nitrogens is 1. The van der Waals surface area contributed by atoms with E-state index in [0.717, 1.165) is 0 Å². The molecule has 2 heterocycles. The summed E-state index contributed by atoms with van der Waals surface area (Å²) in [6.45, 7) is 1.69. The van der Waals surface area contributed by atoms with E-state index in [2.05, 4.69) is 26.2 Å². The Morgan fingerprint density at radius 3 is 3.00 bits per heavy atom. The normalized spacial score (nSPS) is 18.7. The van der Waals surface area contributed by atoms with Gasteiger partial charge in [0, 0.05) is 17.1 Å². The molecule has 0 bridgehead atoms. The molecule has 6 heteroatoms. The minimum absolute atomic E-state index is 0. The van der Waals surface area contributed by atoms with Gasteiger partial charge in [0.15, 0.2) is 17.7 Å². The van der Waals surface area contributed by atoms with Gasteiger partial charge in [0.25, 0.3) is 5.91 Å². The van der Waals surface area contributed by atoms with E-state index in [1.54, 1.807) is 19.1 Å². The van der Waals surface area contributed by atoms with E-state index in [1.165, 1.54) is 0 Å². The zero-order valence-electron chi connectivity index (χ0n) is 7.23. The third-order valence-electron chi connectivity index (χ3n) is 1.74. The van der Waals surface area contributed by atoms with Crippen LogP contribution in [0.1, 0.15) is 6.92 Å². The summed E-state index contributed by atoms with van der Waals surface area (Å²) in [5.41, 5.74) is 0. The molecule has 1 aliphatic heterocycles. The van der Waals surface area contributed by atoms with Crippen LogP contribution in [0.5, 0.6) is 5.75 Å². The van der Waals surface area contributed by atoms with Gasteiger partial charge in [-0.15, -0.1) is 0 Å². The zero-order chi connectivity index (χ0) is 9.42. The van der Waals surface area contributed by atoms with Gasteiger partial charge < -0.3 is 10.1 Å². The van der Waals surface area contributed by atoms with Crippen molar-refractivity contribution in [3.05, 3.63) is 16.7 Å². The van der Waals surface area contributed by atoms with Gasteiger partial charge >= 0.3 is 0 Å². The van der Waals surface area contributed by atoms with E-state index in [0.29, 0.717) is 16.2 Å². The molecule has 1 aromatic heterocycles. The first-order valence-electron chi connectivity index (χ1n) is 3.81. The zero-order valence-corrected chi connectivity index (χ0v) is 9.92. The summed E-state index contributed by atoms with van der Waals surface area (Å²) in [6, 6.07) is 3.53. The van der Waals surface area contributed by atoms with Crippen LogP contribution in [-0.2, 0) is 21.9 Å². The van der Waals surface area contributed by atoms with Crippen LogP contribution in [0.3, 0.4) is 0 Å². The molecule has 0 spiro atoms. The molecule has 1 amide bonds. The van der Waals surface area contributed by atoms with E-state index >= 15 is 0 Å². The summed E-state index contributed by atoms with van der Waals surface area (Å²) >= 11 is 3.21. The fraction of sp³-hybridized carbons (Fsp3) is 0.250. The van der Waals surface area contributed by atoms with Gasteiger partial charge in [0.05, 0.1) is 0 Å². The molecule has 14 heavy (non-hydrogen) atoms. The van der Waals surface area contributed by atoms with Crippen molar-refractivity contribution < 1.29 is 26.6 Å². The molecule has 1 aromatic rings. The molecule has 76 valence electrons. The Morgan fingerprint density at radius 2 is 2.29 bits per heavy atom. The van der Waals surface area contributed by atoms with Crippen molar-refractivity contribution in [1.29, 1.82) is 0 Å². The van der Waals surface area contributed by atoms with Crippen LogP contribution >= 0.6 is 15.9 Å². The molecule has 0 unspecified atom stereocenters. The van der Waals surface area contributed by atoms with Crippen molar-refractivity contribution in [2.75, 3.05) is 5.32 Å². The number of ether oxygens (including phenoxy) is 1. The molecule has 0 fully saturated rings. The number of halogens is 1. The predicted octanol–water partition coefficient (Wildman–Crippen LogP) is 1.56. The monoisotopic (exact) mass is 298 g/mol. The molecular formula is C8H7BrFeN2O2. The van der Waals surface area contributed by atoms with Crippen molar-refractivity contribution in [3.63, 3.8) is 0 Å². The Kier molecular flexibility index (Phi) is 3.53. The topological polar surface area (TPSA) is 51.2 Å². The van der Waals surface area contributed by atoms with Crippen molar-refractivity contribution in [1.82, 2.24) is 4.98 Å². The molecule has 0 saturated carbocycles. The fourth-order valence-corrected chi connectivity index (χ4v) is 1.38. The van der Waals surface area contributed by atoms with Gasteiger partial charge in [-0.05, 0) is 35.0 Å². The largest absolute Gasteiger partial charge is 0.477 e. The average molecular weight is 299 g/mol. The van der Waals surface area contributed by atoms with E-state index in [4.69, 9.17) is 4.74 Å². The summed E-state index contributed by atoms with van der Waals surface area (Å²) in [7, 11) is 0. The SMILES string of the molecule is C[C@H]1Oc2ccc(Br)nc2NC1=O.[Fe]. The van der Waals surface area contributed by atoms with Gasteiger partial charge in [-0.2, -0.15) is 0 Å². The van der Waals surface area contributed by atoms with Gasteiger partial charge in [0.2, 0.25) is 0 Å². The number of amides is 1. The van der Waals surface area contributed by atoms with Gasteiger partial charge in [-0.3, -0.25) is 4.79 Å². The summed E-state index contributed by atoms with van der Waals surface area (Å²) in [5, 5.41) is 2.65. The maximum atomic E-state index is 11.2. The van der Waals surface area contributed by atoms with Crippen LogP contribution in [0.4, 0.5) is 5.82 Å². The second-order valence-corrected chi connectivity index (χ2v) is 3.54. The number of fused-ring (bicyclic) bond motifs is 1. The van der Waals surface area contributed by atoms with Crippen LogP contribution in [0.15, 0.2) is 16.7 Å². The Morgan fingerprint density at radius 1 is 1.57 bits per heavy atom. The van der Waals surface area contributed by atoms with Gasteiger partial charge in [-0.1, -0.05) is 0 Å². The van der Waals surface area contributed by atoms with Crippen LogP contribution in [0.2, 0.25) is 0 Å². The molecule has 1 aliphatic rings. The second-order valence-electron chi connectivity index (χ2n) is 2.73. The molecular weight excluding hydrogens is 292 g/mol. The number of pyridine rings is 1. The number of rotatable bonds is 0. The van der Waals surface area contributed by atoms with Crippen molar-refractivity contribution in [2.45, 2.75) is 13.0 Å². The van der Waals surface area contributed by atoms with Crippen molar-refractivity contribution in [2.24, 2.45) is 0 Å². The number of hydrogen-bond acceptors (Lipinski definition) is 3. The third-order valence-corrected chi connectivity index (χ3v) is 2.18. The summed E-state index contributed by atoms with van der Waals surface area (Å²) in [6.07, 6.45) is -0.449. The first-order valence-corrected chi connectivity index (χ1v) is 4.60. The predicted molar refractivity (Wildman–Crippen MR) is 50.7 cm³/mol. The average Bonchev–Trinajstić information content (AvgIpc) is 2.08. The quantitative estimate of drug-likeness (QED) is 0.584. The van der Waals surface area contributed by atoms with Crippen molar-refractivity contribution >= 4 is 27.7 Å². The molecule has 1 N–H and O–H groups in total. The first-order chi connectivity index (χ1) is 6.16. The summed E-state index contributed by atoms with van der Waals surface area (Å²) < 4.78 is 5.97. The minimum atomic E-state index is -0.449. The second kappa shape index (κ2) is 4.29. The molecule has 4 nitrogen and oxygen atoms in total. The number of carbonyl (C=O) groups excluding carboxylic acids is 1. The van der Waals surface area contributed by atoms with E-state index < -0.39 is 6.10 Å². The number of carbonyl (C=O) groups is 1. The van der Waals surface area contributed by atoms with Crippen LogP contribution in [-0.4, -0.2) is 17.0 Å². The Balaban J connectivity index is 0.000000980. The van der Waals surface area contributed by atoms with E-state index in [-0.39, 0.29) is 23.0 Å². The third kappa shape index (κ3) is 2.08. The molecule has 0 aromatic carbocycles. The smallest absolute Gasteiger partial charge is 0.266 e. The van der Waals surface area contributed by atoms with Crippen molar-refractivity contribution in [3.8, 4) is 5.75 Å². The fourth-order valence-electron chi connectivity index (χ4n) is 1.07. The number of nitrogens with zero attached hydrogens (tertiary/aromatic N) is 1. The standard InChI is InChI=1S/C8H7BrN2O2.Fe/c1-4-8(12)11-7-5(13-4)2-3-6(9)10-7;/h2-4H,1H3,(H,10,11,12);/t4-;/m1./s1. The first kappa shape index (κ1) is 11.5. The summed E-state index contributed by atoms with van der Waals surface area (Å²) in [4.78, 5) is 15.2. The number of nitrogens with one attached hydrogen (secondary N) is 1. The number of anilines is 1. The molecule has 0 aliphatic carbocycles. The Hall–Kier alpha value is -0.581. The van der Waals surface area contributed by atoms with Crippen LogP contribution in [0.25, 0.3) is 0 Å². The maximum absolute atomic E-state index is 11.2. The van der Waals surface area contributed by atoms with Crippen LogP contribution in [0, 0.1) is 0 Å². The molecule has 0 radical (unpaired) electrons. The van der Waals surface area contributed by atoms with E-state index in [9.17, 15) is 4.79 Å². The van der Waals surface area contributed by atoms with E-state index in [1.807, 2.05) is 0 Å². The summed E-state index contributed by atoms with van der Waals surface area (Å²) in [5.74, 6) is 0.908. The Labute approximate surface area is 100 Å². The number of hydrogen-bond donors (Lipinski definition) is 1. The van der Waals surface area contributed by atoms with Gasteiger partial charge in [-0.25, -0.2) is 4.98 Å². The Bertz CT molecular complexity index is 372. The van der Waals surface area contributed by atoms with Gasteiger partial charge in [0.1, 0.15) is 4.60 Å². The molecule has 1 atom stereocenters. The molecule has 2 rings (SSSR count). The van der Waals surface area contributed by atoms with Crippen LogP contribution < -0.4 is 10.1 Å².